The second kappa shape index (κ2) is 5.27. The zero-order valence-corrected chi connectivity index (χ0v) is 12.2. The second-order valence-corrected chi connectivity index (χ2v) is 4.88. The van der Waals surface area contributed by atoms with E-state index < -0.39 is 0 Å². The summed E-state index contributed by atoms with van der Waals surface area (Å²) in [5, 5.41) is 9.38. The van der Waals surface area contributed by atoms with Gasteiger partial charge in [-0.05, 0) is 12.1 Å². The first-order valence-electron chi connectivity index (χ1n) is 6.71. The molecule has 0 aromatic heterocycles. The van der Waals surface area contributed by atoms with Crippen LogP contribution < -0.4 is 9.47 Å². The zero-order valence-electron chi connectivity index (χ0n) is 12.2. The highest BCUT2D eigenvalue weighted by atomic mass is 16.5. The molecule has 0 amide bonds. The summed E-state index contributed by atoms with van der Waals surface area (Å²) in [5.41, 5.74) is 1.47. The zero-order chi connectivity index (χ0) is 15.9. The lowest BCUT2D eigenvalue weighted by atomic mass is 9.82. The largest absolute Gasteiger partial charge is 0.496 e. The molecule has 2 aromatic carbocycles. The molecule has 0 unspecified atom stereocenters. The fourth-order valence-electron chi connectivity index (χ4n) is 2.79. The summed E-state index contributed by atoms with van der Waals surface area (Å²) < 4.78 is 10.5. The predicted molar refractivity (Wildman–Crippen MR) is 78.8 cm³/mol. The molecule has 0 fully saturated rings. The van der Waals surface area contributed by atoms with Crippen LogP contribution in [0.5, 0.6) is 11.5 Å². The minimum atomic E-state index is -0.310. The number of rotatable bonds is 3. The van der Waals surface area contributed by atoms with Crippen LogP contribution in [-0.4, -0.2) is 30.9 Å². The van der Waals surface area contributed by atoms with E-state index in [2.05, 4.69) is 0 Å². The molecule has 112 valence electrons. The van der Waals surface area contributed by atoms with E-state index in [0.717, 1.165) is 0 Å². The number of aliphatic hydroxyl groups excluding tert-OH is 1. The highest BCUT2D eigenvalue weighted by Gasteiger charge is 2.35. The molecule has 1 N–H and O–H groups in total. The molecule has 1 aliphatic carbocycles. The molecule has 3 rings (SSSR count). The number of carbonyl (C=O) groups excluding carboxylic acids is 2. The monoisotopic (exact) mass is 298 g/mol. The minimum absolute atomic E-state index is 0.194. The molecule has 5 nitrogen and oxygen atoms in total. The van der Waals surface area contributed by atoms with Crippen LogP contribution in [0.15, 0.2) is 30.3 Å². The highest BCUT2D eigenvalue weighted by Crippen LogP contribution is 2.38. The first-order chi connectivity index (χ1) is 10.6. The van der Waals surface area contributed by atoms with Crippen molar-refractivity contribution < 1.29 is 24.2 Å². The van der Waals surface area contributed by atoms with Crippen LogP contribution >= 0.6 is 0 Å². The van der Waals surface area contributed by atoms with Gasteiger partial charge in [0.25, 0.3) is 0 Å². The fourth-order valence-corrected chi connectivity index (χ4v) is 2.79. The van der Waals surface area contributed by atoms with Gasteiger partial charge >= 0.3 is 0 Å². The van der Waals surface area contributed by atoms with Crippen LogP contribution in [0.4, 0.5) is 0 Å². The van der Waals surface area contributed by atoms with Gasteiger partial charge in [0.15, 0.2) is 11.6 Å². The van der Waals surface area contributed by atoms with E-state index in [4.69, 9.17) is 9.47 Å². The molecule has 0 heterocycles. The third-order valence-corrected chi connectivity index (χ3v) is 3.80. The van der Waals surface area contributed by atoms with Gasteiger partial charge in [-0.25, -0.2) is 0 Å². The van der Waals surface area contributed by atoms with E-state index in [9.17, 15) is 14.7 Å². The smallest absolute Gasteiger partial charge is 0.198 e. The Labute approximate surface area is 127 Å². The van der Waals surface area contributed by atoms with E-state index in [0.29, 0.717) is 11.3 Å². The van der Waals surface area contributed by atoms with Crippen molar-refractivity contribution in [3.63, 3.8) is 0 Å². The molecule has 0 saturated carbocycles. The Morgan fingerprint density at radius 1 is 0.909 bits per heavy atom. The predicted octanol–water partition coefficient (Wildman–Crippen LogP) is 1.97. The molecule has 5 heteroatoms. The second-order valence-electron chi connectivity index (χ2n) is 4.88. The van der Waals surface area contributed by atoms with Crippen molar-refractivity contribution in [2.24, 2.45) is 0 Å². The third-order valence-electron chi connectivity index (χ3n) is 3.80. The maximum Gasteiger partial charge on any atom is 0.198 e. The summed E-state index contributed by atoms with van der Waals surface area (Å²) >= 11 is 0. The molecule has 0 bridgehead atoms. The van der Waals surface area contributed by atoms with Gasteiger partial charge < -0.3 is 14.6 Å². The average Bonchev–Trinajstić information content (AvgIpc) is 2.57. The molecule has 2 aromatic rings. The Bertz CT molecular complexity index is 792. The lowest BCUT2D eigenvalue weighted by Gasteiger charge is -2.22. The molecule has 22 heavy (non-hydrogen) atoms. The highest BCUT2D eigenvalue weighted by molar-refractivity contribution is 6.30. The summed E-state index contributed by atoms with van der Waals surface area (Å²) in [5.74, 6) is 0.0130. The van der Waals surface area contributed by atoms with Crippen LogP contribution in [0.1, 0.15) is 37.4 Å². The molecule has 0 saturated heterocycles. The molecule has 0 aliphatic heterocycles. The number of ketones is 2. The maximum atomic E-state index is 12.8. The van der Waals surface area contributed by atoms with Crippen molar-refractivity contribution in [1.82, 2.24) is 0 Å². The number of carbonyl (C=O) groups is 2. The molecule has 1 aliphatic rings. The van der Waals surface area contributed by atoms with Gasteiger partial charge in [0, 0.05) is 16.7 Å². The van der Waals surface area contributed by atoms with E-state index >= 15 is 0 Å². The van der Waals surface area contributed by atoms with Crippen molar-refractivity contribution >= 4 is 11.6 Å². The lowest BCUT2D eigenvalue weighted by Crippen LogP contribution is -2.23. The number of hydrogen-bond donors (Lipinski definition) is 1. The molecular weight excluding hydrogens is 284 g/mol. The van der Waals surface area contributed by atoms with Crippen molar-refractivity contribution in [2.75, 3.05) is 14.2 Å². The number of aliphatic hydroxyl groups is 1. The SMILES string of the molecule is COc1cccc2c1C(=O)c1ccc(CO)c(OC)c1C2=O. The Morgan fingerprint density at radius 3 is 2.23 bits per heavy atom. The van der Waals surface area contributed by atoms with Crippen LogP contribution in [0.25, 0.3) is 0 Å². The number of methoxy groups -OCH3 is 2. The number of hydrogen-bond acceptors (Lipinski definition) is 5. The molecule has 0 atom stereocenters. The van der Waals surface area contributed by atoms with Crippen molar-refractivity contribution in [3.05, 3.63) is 58.1 Å². The Hall–Kier alpha value is -2.66. The fraction of sp³-hybridized carbons (Fsp3) is 0.176. The van der Waals surface area contributed by atoms with Gasteiger partial charge in [0.1, 0.15) is 11.5 Å². The number of ether oxygens (including phenoxy) is 2. The van der Waals surface area contributed by atoms with E-state index in [1.807, 2.05) is 0 Å². The summed E-state index contributed by atoms with van der Waals surface area (Å²) in [6, 6.07) is 8.03. The van der Waals surface area contributed by atoms with Gasteiger partial charge in [-0.2, -0.15) is 0 Å². The first kappa shape index (κ1) is 14.3. The Morgan fingerprint density at radius 2 is 1.59 bits per heavy atom. The van der Waals surface area contributed by atoms with E-state index in [1.54, 1.807) is 30.3 Å². The number of fused-ring (bicyclic) bond motifs is 2. The summed E-state index contributed by atoms with van der Waals surface area (Å²) in [6.07, 6.45) is 0. The summed E-state index contributed by atoms with van der Waals surface area (Å²) in [6.45, 7) is -0.275. The normalized spacial score (nSPS) is 12.7. The van der Waals surface area contributed by atoms with Gasteiger partial charge in [0.05, 0.1) is 32.0 Å². The maximum absolute atomic E-state index is 12.8. The van der Waals surface area contributed by atoms with Crippen LogP contribution in [0.3, 0.4) is 0 Å². The molecule has 0 spiro atoms. The van der Waals surface area contributed by atoms with Crippen LogP contribution in [0, 0.1) is 0 Å². The minimum Gasteiger partial charge on any atom is -0.496 e. The number of benzene rings is 2. The Kier molecular flexibility index (Phi) is 3.42. The first-order valence-corrected chi connectivity index (χ1v) is 6.71. The van der Waals surface area contributed by atoms with Crippen molar-refractivity contribution in [1.29, 1.82) is 0 Å². The van der Waals surface area contributed by atoms with Gasteiger partial charge in [-0.1, -0.05) is 18.2 Å². The summed E-state index contributed by atoms with van der Waals surface area (Å²) in [7, 11) is 2.87. The standard InChI is InChI=1S/C17H14O5/c1-21-12-5-3-4-10-13(12)15(19)11-7-6-9(8-18)17(22-2)14(11)16(10)20/h3-7,18H,8H2,1-2H3. The Balaban J connectivity index is 2.33. The van der Waals surface area contributed by atoms with Crippen LogP contribution in [0.2, 0.25) is 0 Å². The van der Waals surface area contributed by atoms with Crippen LogP contribution in [-0.2, 0) is 6.61 Å². The van der Waals surface area contributed by atoms with Crippen molar-refractivity contribution in [2.45, 2.75) is 6.61 Å². The molecule has 0 radical (unpaired) electrons. The van der Waals surface area contributed by atoms with E-state index in [1.165, 1.54) is 14.2 Å². The van der Waals surface area contributed by atoms with E-state index in [-0.39, 0.29) is 46.2 Å². The van der Waals surface area contributed by atoms with Gasteiger partial charge in [0.2, 0.25) is 0 Å². The third kappa shape index (κ3) is 1.83. The van der Waals surface area contributed by atoms with Gasteiger partial charge in [-0.15, -0.1) is 0 Å². The quantitative estimate of drug-likeness (QED) is 0.800. The topological polar surface area (TPSA) is 72.8 Å². The van der Waals surface area contributed by atoms with Gasteiger partial charge in [-0.3, -0.25) is 9.59 Å². The lowest BCUT2D eigenvalue weighted by molar-refractivity contribution is 0.0973. The molecular formula is C17H14O5. The average molecular weight is 298 g/mol. The summed E-state index contributed by atoms with van der Waals surface area (Å²) in [4.78, 5) is 25.6. The van der Waals surface area contributed by atoms with Crippen molar-refractivity contribution in [3.8, 4) is 11.5 Å².